The van der Waals surface area contributed by atoms with Crippen LogP contribution >= 0.6 is 0 Å². The first-order valence-electron chi connectivity index (χ1n) is 9.03. The Bertz CT molecular complexity index is 1020. The Kier molecular flexibility index (Phi) is 4.76. The monoisotopic (exact) mass is 376 g/mol. The van der Waals surface area contributed by atoms with Gasteiger partial charge in [-0.2, -0.15) is 15.0 Å². The molecule has 0 fully saturated rings. The van der Waals surface area contributed by atoms with E-state index in [2.05, 4.69) is 37.7 Å². The van der Waals surface area contributed by atoms with Crippen LogP contribution in [-0.4, -0.2) is 32.0 Å². The average Bonchev–Trinajstić information content (AvgIpc) is 2.69. The van der Waals surface area contributed by atoms with Gasteiger partial charge in [-0.3, -0.25) is 4.79 Å². The van der Waals surface area contributed by atoms with E-state index >= 15 is 0 Å². The Morgan fingerprint density at radius 3 is 2.61 bits per heavy atom. The SMILES string of the molecule is Nc1nc(Nc2ccccc2O)nc(C(=O)NC2CCc3ccccc3C2)n1. The number of nitrogen functional groups attached to an aromatic ring is 1. The number of nitrogens with two attached hydrogens (primary N) is 1. The Balaban J connectivity index is 1.49. The number of aromatic hydroxyl groups is 1. The lowest BCUT2D eigenvalue weighted by molar-refractivity contribution is 0.0923. The van der Waals surface area contributed by atoms with Crippen LogP contribution in [0.2, 0.25) is 0 Å². The highest BCUT2D eigenvalue weighted by atomic mass is 16.3. The number of nitrogens with one attached hydrogen (secondary N) is 2. The van der Waals surface area contributed by atoms with E-state index in [1.807, 2.05) is 12.1 Å². The van der Waals surface area contributed by atoms with E-state index in [9.17, 15) is 9.90 Å². The van der Waals surface area contributed by atoms with Gasteiger partial charge in [0.25, 0.3) is 5.91 Å². The molecule has 0 radical (unpaired) electrons. The van der Waals surface area contributed by atoms with Crippen molar-refractivity contribution in [1.29, 1.82) is 0 Å². The molecule has 0 bridgehead atoms. The molecule has 1 aliphatic carbocycles. The fourth-order valence-corrected chi connectivity index (χ4v) is 3.32. The van der Waals surface area contributed by atoms with E-state index in [1.54, 1.807) is 18.2 Å². The van der Waals surface area contributed by atoms with Gasteiger partial charge in [-0.1, -0.05) is 36.4 Å². The number of nitrogens with zero attached hydrogens (tertiary/aromatic N) is 3. The highest BCUT2D eigenvalue weighted by Crippen LogP contribution is 2.24. The number of aromatic nitrogens is 3. The zero-order chi connectivity index (χ0) is 19.5. The van der Waals surface area contributed by atoms with Crippen molar-refractivity contribution in [3.63, 3.8) is 0 Å². The third-order valence-corrected chi connectivity index (χ3v) is 4.69. The number of amides is 1. The number of benzene rings is 2. The van der Waals surface area contributed by atoms with Crippen LogP contribution in [0.1, 0.15) is 28.2 Å². The van der Waals surface area contributed by atoms with Gasteiger partial charge in [-0.05, 0) is 42.5 Å². The molecular formula is C20H20N6O2. The van der Waals surface area contributed by atoms with Crippen LogP contribution in [0.3, 0.4) is 0 Å². The molecule has 3 aromatic rings. The van der Waals surface area contributed by atoms with Crippen molar-refractivity contribution in [2.75, 3.05) is 11.1 Å². The predicted octanol–water partition coefficient (Wildman–Crippen LogP) is 2.19. The molecule has 0 spiro atoms. The molecule has 5 N–H and O–H groups in total. The molecule has 1 aliphatic rings. The van der Waals surface area contributed by atoms with E-state index in [4.69, 9.17) is 5.73 Å². The minimum Gasteiger partial charge on any atom is -0.506 e. The maximum absolute atomic E-state index is 12.7. The molecule has 28 heavy (non-hydrogen) atoms. The molecule has 1 unspecified atom stereocenters. The summed E-state index contributed by atoms with van der Waals surface area (Å²) in [6, 6.07) is 14.9. The maximum atomic E-state index is 12.7. The second-order valence-corrected chi connectivity index (χ2v) is 6.66. The first-order chi connectivity index (χ1) is 13.6. The summed E-state index contributed by atoms with van der Waals surface area (Å²) in [7, 11) is 0. The number of carbonyl (C=O) groups excluding carboxylic acids is 1. The van der Waals surface area contributed by atoms with Crippen molar-refractivity contribution in [3.05, 3.63) is 65.5 Å². The lowest BCUT2D eigenvalue weighted by atomic mass is 9.88. The van der Waals surface area contributed by atoms with Gasteiger partial charge in [-0.15, -0.1) is 0 Å². The number of fused-ring (bicyclic) bond motifs is 1. The van der Waals surface area contributed by atoms with Crippen LogP contribution in [-0.2, 0) is 12.8 Å². The molecule has 2 aromatic carbocycles. The van der Waals surface area contributed by atoms with Gasteiger partial charge in [-0.25, -0.2) is 0 Å². The van der Waals surface area contributed by atoms with E-state index in [0.29, 0.717) is 5.69 Å². The highest BCUT2D eigenvalue weighted by Gasteiger charge is 2.22. The van der Waals surface area contributed by atoms with Gasteiger partial charge in [0, 0.05) is 6.04 Å². The minimum absolute atomic E-state index is 0.00923. The van der Waals surface area contributed by atoms with Crippen molar-refractivity contribution in [1.82, 2.24) is 20.3 Å². The lowest BCUT2D eigenvalue weighted by Crippen LogP contribution is -2.39. The van der Waals surface area contributed by atoms with Gasteiger partial charge >= 0.3 is 0 Å². The Morgan fingerprint density at radius 2 is 1.79 bits per heavy atom. The number of carbonyl (C=O) groups is 1. The van der Waals surface area contributed by atoms with Gasteiger partial charge < -0.3 is 21.5 Å². The van der Waals surface area contributed by atoms with Crippen molar-refractivity contribution in [2.24, 2.45) is 0 Å². The van der Waals surface area contributed by atoms with Gasteiger partial charge in [0.2, 0.25) is 17.7 Å². The summed E-state index contributed by atoms with van der Waals surface area (Å²) in [5, 5.41) is 15.7. The molecular weight excluding hydrogens is 356 g/mol. The van der Waals surface area contributed by atoms with Crippen molar-refractivity contribution >= 4 is 23.5 Å². The maximum Gasteiger partial charge on any atom is 0.289 e. The normalized spacial score (nSPS) is 15.5. The van der Waals surface area contributed by atoms with Crippen LogP contribution in [0.25, 0.3) is 0 Å². The second-order valence-electron chi connectivity index (χ2n) is 6.66. The second kappa shape index (κ2) is 7.51. The summed E-state index contributed by atoms with van der Waals surface area (Å²) in [4.78, 5) is 24.7. The Hall–Kier alpha value is -3.68. The molecule has 142 valence electrons. The summed E-state index contributed by atoms with van der Waals surface area (Å²) in [5.74, 6) is -0.420. The fraction of sp³-hybridized carbons (Fsp3) is 0.200. The van der Waals surface area contributed by atoms with Crippen molar-refractivity contribution in [2.45, 2.75) is 25.3 Å². The van der Waals surface area contributed by atoms with Crippen LogP contribution < -0.4 is 16.4 Å². The van der Waals surface area contributed by atoms with Crippen LogP contribution in [0.5, 0.6) is 5.75 Å². The number of rotatable bonds is 4. The topological polar surface area (TPSA) is 126 Å². The third-order valence-electron chi connectivity index (χ3n) is 4.69. The zero-order valence-corrected chi connectivity index (χ0v) is 15.1. The standard InChI is InChI=1S/C20H20N6O2/c21-19-24-17(25-20(26-19)23-15-7-3-4-8-16(15)27)18(28)22-14-10-9-12-5-1-2-6-13(12)11-14/h1-8,14,27H,9-11H2,(H,22,28)(H3,21,23,24,25,26). The van der Waals surface area contributed by atoms with Crippen molar-refractivity contribution < 1.29 is 9.90 Å². The van der Waals surface area contributed by atoms with E-state index in [-0.39, 0.29) is 29.5 Å². The highest BCUT2D eigenvalue weighted by molar-refractivity contribution is 5.91. The number of hydrogen-bond acceptors (Lipinski definition) is 7. The summed E-state index contributed by atoms with van der Waals surface area (Å²) >= 11 is 0. The first kappa shape index (κ1) is 17.7. The lowest BCUT2D eigenvalue weighted by Gasteiger charge is -2.25. The molecule has 8 nitrogen and oxygen atoms in total. The summed E-state index contributed by atoms with van der Waals surface area (Å²) in [5.41, 5.74) is 8.72. The number of aryl methyl sites for hydroxylation is 1. The molecule has 4 rings (SSSR count). The molecule has 1 aromatic heterocycles. The quantitative estimate of drug-likeness (QED) is 0.514. The third kappa shape index (κ3) is 3.85. The molecule has 0 aliphatic heterocycles. The Morgan fingerprint density at radius 1 is 1.04 bits per heavy atom. The molecule has 1 amide bonds. The molecule has 1 atom stereocenters. The Labute approximate surface area is 161 Å². The first-order valence-corrected chi connectivity index (χ1v) is 9.03. The van der Waals surface area contributed by atoms with Crippen molar-refractivity contribution in [3.8, 4) is 5.75 Å². The van der Waals surface area contributed by atoms with E-state index < -0.39 is 5.91 Å². The minimum atomic E-state index is -0.404. The van der Waals surface area contributed by atoms with Crippen LogP contribution in [0, 0.1) is 0 Å². The number of para-hydroxylation sites is 2. The van der Waals surface area contributed by atoms with Crippen LogP contribution in [0.15, 0.2) is 48.5 Å². The van der Waals surface area contributed by atoms with Crippen LogP contribution in [0.4, 0.5) is 17.6 Å². The number of phenolic OH excluding ortho intramolecular Hbond substituents is 1. The average molecular weight is 376 g/mol. The van der Waals surface area contributed by atoms with E-state index in [1.165, 1.54) is 17.2 Å². The van der Waals surface area contributed by atoms with Gasteiger partial charge in [0.1, 0.15) is 5.75 Å². The largest absolute Gasteiger partial charge is 0.506 e. The van der Waals surface area contributed by atoms with E-state index in [0.717, 1.165) is 19.3 Å². The number of phenols is 1. The molecule has 8 heteroatoms. The molecule has 1 heterocycles. The number of anilines is 3. The summed E-state index contributed by atoms with van der Waals surface area (Å²) in [6.07, 6.45) is 2.54. The summed E-state index contributed by atoms with van der Waals surface area (Å²) < 4.78 is 0. The van der Waals surface area contributed by atoms with Gasteiger partial charge in [0.15, 0.2) is 0 Å². The number of hydrogen-bond donors (Lipinski definition) is 4. The zero-order valence-electron chi connectivity index (χ0n) is 15.1. The molecule has 0 saturated heterocycles. The molecule has 0 saturated carbocycles. The predicted molar refractivity (Wildman–Crippen MR) is 105 cm³/mol. The summed E-state index contributed by atoms with van der Waals surface area (Å²) in [6.45, 7) is 0. The van der Waals surface area contributed by atoms with Gasteiger partial charge in [0.05, 0.1) is 5.69 Å². The fourth-order valence-electron chi connectivity index (χ4n) is 3.32. The smallest absolute Gasteiger partial charge is 0.289 e.